The molecule has 1 saturated carbocycles. The van der Waals surface area contributed by atoms with Gasteiger partial charge in [-0.1, -0.05) is 0 Å². The van der Waals surface area contributed by atoms with Crippen LogP contribution in [0.25, 0.3) is 11.0 Å². The van der Waals surface area contributed by atoms with Crippen molar-refractivity contribution < 1.29 is 4.92 Å². The molecule has 0 unspecified atom stereocenters. The van der Waals surface area contributed by atoms with Crippen molar-refractivity contribution in [2.24, 2.45) is 0 Å². The van der Waals surface area contributed by atoms with E-state index in [9.17, 15) is 10.1 Å². The van der Waals surface area contributed by atoms with Crippen LogP contribution in [0.4, 0.5) is 5.69 Å². The van der Waals surface area contributed by atoms with Crippen LogP contribution in [0, 0.1) is 10.1 Å². The number of nitrogens with zero attached hydrogens (tertiary/aromatic N) is 2. The largest absolute Gasteiger partial charge is 0.342 e. The van der Waals surface area contributed by atoms with Crippen molar-refractivity contribution >= 4 is 32.7 Å². The van der Waals surface area contributed by atoms with Crippen LogP contribution in [-0.4, -0.2) is 14.9 Å². The zero-order valence-electron chi connectivity index (χ0n) is 8.24. The molecule has 0 bridgehead atoms. The van der Waals surface area contributed by atoms with E-state index in [-0.39, 0.29) is 5.69 Å². The van der Waals surface area contributed by atoms with E-state index < -0.39 is 4.92 Å². The molecule has 0 radical (unpaired) electrons. The predicted octanol–water partition coefficient (Wildman–Crippen LogP) is 3.11. The van der Waals surface area contributed by atoms with Crippen LogP contribution >= 0.6 is 15.9 Å². The molecule has 1 N–H and O–H groups in total. The van der Waals surface area contributed by atoms with Crippen molar-refractivity contribution in [1.82, 2.24) is 9.97 Å². The summed E-state index contributed by atoms with van der Waals surface area (Å²) in [6, 6.07) is 3.01. The molecular formula is C10H8BrN3O2. The molecule has 1 fully saturated rings. The maximum Gasteiger partial charge on any atom is 0.272 e. The van der Waals surface area contributed by atoms with Crippen LogP contribution in [0.2, 0.25) is 0 Å². The lowest BCUT2D eigenvalue weighted by molar-refractivity contribution is -0.384. The average Bonchev–Trinajstić information content (AvgIpc) is 2.98. The lowest BCUT2D eigenvalue weighted by Gasteiger charge is -1.93. The predicted molar refractivity (Wildman–Crippen MR) is 62.4 cm³/mol. The normalized spacial score (nSPS) is 15.6. The van der Waals surface area contributed by atoms with Crippen LogP contribution in [0.15, 0.2) is 16.6 Å². The van der Waals surface area contributed by atoms with E-state index in [4.69, 9.17) is 0 Å². The van der Waals surface area contributed by atoms with Gasteiger partial charge in [0.25, 0.3) is 5.69 Å². The van der Waals surface area contributed by atoms with Gasteiger partial charge in [-0.05, 0) is 28.8 Å². The van der Waals surface area contributed by atoms with Gasteiger partial charge in [0.15, 0.2) is 0 Å². The van der Waals surface area contributed by atoms with E-state index in [1.165, 1.54) is 12.1 Å². The summed E-state index contributed by atoms with van der Waals surface area (Å²) in [7, 11) is 0. The molecule has 1 heterocycles. The number of benzene rings is 1. The molecule has 0 amide bonds. The van der Waals surface area contributed by atoms with Gasteiger partial charge in [0.1, 0.15) is 11.3 Å². The minimum absolute atomic E-state index is 0.0744. The minimum atomic E-state index is -0.401. The Kier molecular flexibility index (Phi) is 2.00. The Morgan fingerprint density at radius 1 is 1.50 bits per heavy atom. The summed E-state index contributed by atoms with van der Waals surface area (Å²) >= 11 is 3.31. The van der Waals surface area contributed by atoms with Crippen LogP contribution in [0.1, 0.15) is 24.6 Å². The first-order chi connectivity index (χ1) is 7.65. The van der Waals surface area contributed by atoms with Crippen molar-refractivity contribution in [3.05, 3.63) is 32.5 Å². The number of halogens is 1. The zero-order chi connectivity index (χ0) is 11.3. The first-order valence-electron chi connectivity index (χ1n) is 4.98. The van der Waals surface area contributed by atoms with Crippen molar-refractivity contribution in [2.45, 2.75) is 18.8 Å². The second kappa shape index (κ2) is 3.28. The fourth-order valence-electron chi connectivity index (χ4n) is 1.74. The van der Waals surface area contributed by atoms with Gasteiger partial charge in [-0.3, -0.25) is 10.1 Å². The second-order valence-electron chi connectivity index (χ2n) is 3.98. The number of aromatic amines is 1. The fourth-order valence-corrected chi connectivity index (χ4v) is 2.27. The van der Waals surface area contributed by atoms with E-state index in [1.54, 1.807) is 0 Å². The molecule has 5 nitrogen and oxygen atoms in total. The summed E-state index contributed by atoms with van der Waals surface area (Å²) in [6.45, 7) is 0. The Hall–Kier alpha value is -1.43. The molecule has 1 aliphatic rings. The standard InChI is InChI=1S/C10H8BrN3O2/c11-7-3-6(14(15)16)4-8-9(7)13-10(12-8)5-1-2-5/h3-5H,1-2H2,(H,12,13). The van der Waals surface area contributed by atoms with E-state index in [0.717, 1.165) is 29.7 Å². The van der Waals surface area contributed by atoms with E-state index >= 15 is 0 Å². The molecule has 1 aromatic heterocycles. The van der Waals surface area contributed by atoms with Crippen molar-refractivity contribution in [3.8, 4) is 0 Å². The van der Waals surface area contributed by atoms with E-state index in [2.05, 4.69) is 25.9 Å². The summed E-state index contributed by atoms with van der Waals surface area (Å²) in [6.07, 6.45) is 2.30. The second-order valence-corrected chi connectivity index (χ2v) is 4.83. The first kappa shape index (κ1) is 9.77. The SMILES string of the molecule is O=[N+]([O-])c1cc(Br)c2nc(C3CC3)[nH]c2c1. The van der Waals surface area contributed by atoms with Gasteiger partial charge in [0.2, 0.25) is 0 Å². The highest BCUT2D eigenvalue weighted by Gasteiger charge is 2.27. The van der Waals surface area contributed by atoms with Crippen LogP contribution in [-0.2, 0) is 0 Å². The molecule has 1 aliphatic carbocycles. The van der Waals surface area contributed by atoms with Gasteiger partial charge in [-0.15, -0.1) is 0 Å². The average molecular weight is 282 g/mol. The number of fused-ring (bicyclic) bond motifs is 1. The summed E-state index contributed by atoms with van der Waals surface area (Å²) in [4.78, 5) is 17.9. The molecule has 0 aliphatic heterocycles. The van der Waals surface area contributed by atoms with Crippen molar-refractivity contribution in [3.63, 3.8) is 0 Å². The minimum Gasteiger partial charge on any atom is -0.342 e. The number of non-ortho nitro benzene ring substituents is 1. The monoisotopic (exact) mass is 281 g/mol. The Bertz CT molecular complexity index is 589. The van der Waals surface area contributed by atoms with Gasteiger partial charge in [0, 0.05) is 18.1 Å². The Labute approximate surface area is 99.2 Å². The highest BCUT2D eigenvalue weighted by atomic mass is 79.9. The van der Waals surface area contributed by atoms with Gasteiger partial charge >= 0.3 is 0 Å². The molecule has 82 valence electrons. The Morgan fingerprint density at radius 3 is 2.88 bits per heavy atom. The molecule has 6 heteroatoms. The number of nitrogens with one attached hydrogen (secondary N) is 1. The number of aromatic nitrogens is 2. The van der Waals surface area contributed by atoms with Crippen molar-refractivity contribution in [1.29, 1.82) is 0 Å². The number of H-pyrrole nitrogens is 1. The number of nitro groups is 1. The van der Waals surface area contributed by atoms with E-state index in [0.29, 0.717) is 10.4 Å². The lowest BCUT2D eigenvalue weighted by atomic mass is 10.3. The van der Waals surface area contributed by atoms with Crippen LogP contribution in [0.5, 0.6) is 0 Å². The zero-order valence-corrected chi connectivity index (χ0v) is 9.82. The third-order valence-electron chi connectivity index (χ3n) is 2.72. The summed E-state index contributed by atoms with van der Waals surface area (Å²) in [5.74, 6) is 1.45. The molecule has 0 saturated heterocycles. The molecule has 0 spiro atoms. The molecule has 16 heavy (non-hydrogen) atoms. The Morgan fingerprint density at radius 2 is 2.25 bits per heavy atom. The Balaban J connectivity index is 2.21. The number of rotatable bonds is 2. The van der Waals surface area contributed by atoms with Gasteiger partial charge in [0.05, 0.1) is 14.9 Å². The summed E-state index contributed by atoms with van der Waals surface area (Å²) in [5.41, 5.74) is 1.57. The first-order valence-corrected chi connectivity index (χ1v) is 5.78. The molecule has 3 rings (SSSR count). The topological polar surface area (TPSA) is 71.8 Å². The van der Waals surface area contributed by atoms with Crippen LogP contribution in [0.3, 0.4) is 0 Å². The highest BCUT2D eigenvalue weighted by molar-refractivity contribution is 9.10. The van der Waals surface area contributed by atoms with Gasteiger partial charge in [-0.25, -0.2) is 4.98 Å². The summed E-state index contributed by atoms with van der Waals surface area (Å²) < 4.78 is 0.667. The highest BCUT2D eigenvalue weighted by Crippen LogP contribution is 2.40. The number of imidazole rings is 1. The third kappa shape index (κ3) is 1.49. The maximum atomic E-state index is 10.7. The molecule has 2 aromatic rings. The fraction of sp³-hybridized carbons (Fsp3) is 0.300. The smallest absolute Gasteiger partial charge is 0.272 e. The number of hydrogen-bond acceptors (Lipinski definition) is 3. The maximum absolute atomic E-state index is 10.7. The molecular weight excluding hydrogens is 274 g/mol. The molecule has 1 aromatic carbocycles. The summed E-state index contributed by atoms with van der Waals surface area (Å²) in [5, 5.41) is 10.7. The van der Waals surface area contributed by atoms with Crippen LogP contribution < -0.4 is 0 Å². The quantitative estimate of drug-likeness (QED) is 0.679. The molecule has 0 atom stereocenters. The number of hydrogen-bond donors (Lipinski definition) is 1. The lowest BCUT2D eigenvalue weighted by Crippen LogP contribution is -1.87. The third-order valence-corrected chi connectivity index (χ3v) is 3.32. The van der Waals surface area contributed by atoms with Crippen molar-refractivity contribution in [2.75, 3.05) is 0 Å². The van der Waals surface area contributed by atoms with Gasteiger partial charge in [-0.2, -0.15) is 0 Å². The van der Waals surface area contributed by atoms with E-state index in [1.807, 2.05) is 0 Å². The number of nitro benzene ring substituents is 1. The van der Waals surface area contributed by atoms with Gasteiger partial charge < -0.3 is 4.98 Å².